The molecule has 5 amide bonds. The van der Waals surface area contributed by atoms with E-state index in [1.54, 1.807) is 24.6 Å². The summed E-state index contributed by atoms with van der Waals surface area (Å²) < 4.78 is 31.1. The van der Waals surface area contributed by atoms with Crippen molar-refractivity contribution >= 4 is 29.5 Å². The van der Waals surface area contributed by atoms with Gasteiger partial charge in [0.05, 0.1) is 11.7 Å². The van der Waals surface area contributed by atoms with Gasteiger partial charge >= 0.3 is 0 Å². The summed E-state index contributed by atoms with van der Waals surface area (Å²) in [4.78, 5) is 71.1. The van der Waals surface area contributed by atoms with Crippen molar-refractivity contribution in [2.75, 3.05) is 26.2 Å². The molecule has 4 atom stereocenters. The molecule has 0 radical (unpaired) electrons. The summed E-state index contributed by atoms with van der Waals surface area (Å²) in [5.41, 5.74) is 5.92. The molecule has 0 spiro atoms. The molecular weight excluding hydrogens is 751 g/mol. The van der Waals surface area contributed by atoms with Crippen molar-refractivity contribution in [2.45, 2.75) is 105 Å². The molecule has 0 aliphatic heterocycles. The Bertz CT molecular complexity index is 1850. The van der Waals surface area contributed by atoms with Gasteiger partial charge in [0.2, 0.25) is 29.5 Å². The van der Waals surface area contributed by atoms with E-state index in [1.807, 2.05) is 51.1 Å². The van der Waals surface area contributed by atoms with Gasteiger partial charge in [0.1, 0.15) is 42.2 Å². The number of rotatable bonds is 21. The van der Waals surface area contributed by atoms with Crippen LogP contribution >= 0.6 is 0 Å². The predicted molar refractivity (Wildman–Crippen MR) is 217 cm³/mol. The van der Waals surface area contributed by atoms with Crippen LogP contribution in [0, 0.1) is 23.0 Å². The van der Waals surface area contributed by atoms with Crippen LogP contribution < -0.4 is 27.0 Å². The molecule has 7 N–H and O–H groups in total. The molecule has 0 bridgehead atoms. The number of aliphatic hydroxyl groups is 1. The number of hydrogen-bond acceptors (Lipinski definition) is 8. The lowest BCUT2D eigenvalue weighted by molar-refractivity contribution is -0.139. The molecule has 58 heavy (non-hydrogen) atoms. The summed E-state index contributed by atoms with van der Waals surface area (Å²) in [6.45, 7) is 12.1. The Morgan fingerprint density at radius 1 is 0.914 bits per heavy atom. The Kier molecular flexibility index (Phi) is 17.9. The van der Waals surface area contributed by atoms with E-state index in [4.69, 9.17) is 10.7 Å². The number of carbonyl (C=O) groups is 5. The van der Waals surface area contributed by atoms with Gasteiger partial charge in [0, 0.05) is 38.3 Å². The number of aliphatic hydroxyl groups excluding tert-OH is 1. The van der Waals surface area contributed by atoms with Gasteiger partial charge in [-0.1, -0.05) is 65.0 Å². The summed E-state index contributed by atoms with van der Waals surface area (Å²) in [7, 11) is 0. The zero-order chi connectivity index (χ0) is 43.2. The fraction of sp³-hybridized carbons (Fsp3) is 0.524. The van der Waals surface area contributed by atoms with Crippen LogP contribution in [0.2, 0.25) is 0 Å². The van der Waals surface area contributed by atoms with Gasteiger partial charge in [0.15, 0.2) is 0 Å². The topological polar surface area (TPSA) is 201 Å². The Balaban J connectivity index is 1.77. The molecule has 3 aromatic rings. The molecule has 14 nitrogen and oxygen atoms in total. The third-order valence-electron chi connectivity index (χ3n) is 9.55. The van der Waals surface area contributed by atoms with E-state index in [0.717, 1.165) is 23.8 Å². The van der Waals surface area contributed by atoms with Crippen LogP contribution in [0.25, 0.3) is 11.3 Å². The number of nitrogens with two attached hydrogens (primary N) is 1. The van der Waals surface area contributed by atoms with E-state index in [2.05, 4.69) is 21.3 Å². The van der Waals surface area contributed by atoms with Crippen LogP contribution in [-0.4, -0.2) is 93.5 Å². The minimum atomic E-state index is -0.994. The van der Waals surface area contributed by atoms with Crippen LogP contribution in [0.3, 0.4) is 0 Å². The van der Waals surface area contributed by atoms with Crippen LogP contribution in [0.5, 0.6) is 0 Å². The highest BCUT2D eigenvalue weighted by Gasteiger charge is 2.38. The lowest BCUT2D eigenvalue weighted by atomic mass is 9.84. The first kappa shape index (κ1) is 47.2. The molecule has 1 heterocycles. The lowest BCUT2D eigenvalue weighted by Crippen LogP contribution is -2.57. The first-order chi connectivity index (χ1) is 27.4. The Morgan fingerprint density at radius 2 is 1.60 bits per heavy atom. The van der Waals surface area contributed by atoms with Crippen molar-refractivity contribution in [3.8, 4) is 11.3 Å². The van der Waals surface area contributed by atoms with Gasteiger partial charge in [0.25, 0.3) is 0 Å². The normalized spacial score (nSPS) is 13.6. The number of nitrogens with one attached hydrogen (secondary N) is 4. The van der Waals surface area contributed by atoms with Crippen molar-refractivity contribution in [1.29, 1.82) is 0 Å². The second-order valence-electron chi connectivity index (χ2n) is 15.9. The smallest absolute Gasteiger partial charge is 0.248 e. The second-order valence-corrected chi connectivity index (χ2v) is 15.9. The zero-order valence-electron chi connectivity index (χ0n) is 34.6. The van der Waals surface area contributed by atoms with E-state index in [9.17, 15) is 33.5 Å². The molecule has 0 aliphatic rings. The van der Waals surface area contributed by atoms with E-state index in [1.165, 1.54) is 18.7 Å². The Labute approximate surface area is 339 Å². The van der Waals surface area contributed by atoms with Crippen LogP contribution in [0.1, 0.15) is 91.6 Å². The largest absolute Gasteiger partial charge is 0.387 e. The number of hydrogen-bond donors (Lipinski definition) is 6. The van der Waals surface area contributed by atoms with Crippen molar-refractivity contribution in [2.24, 2.45) is 17.1 Å². The molecular formula is C42H60F2N8O6. The second kappa shape index (κ2) is 22.1. The third-order valence-corrected chi connectivity index (χ3v) is 9.55. The maximum absolute atomic E-state index is 15.0. The zero-order valence-corrected chi connectivity index (χ0v) is 34.6. The summed E-state index contributed by atoms with van der Waals surface area (Å²) in [5, 5.41) is 20.9. The molecule has 0 unspecified atom stereocenters. The van der Waals surface area contributed by atoms with Crippen molar-refractivity contribution in [3.63, 3.8) is 0 Å². The number of benzene rings is 2. The van der Waals surface area contributed by atoms with E-state index in [0.29, 0.717) is 38.2 Å². The molecule has 318 valence electrons. The Morgan fingerprint density at radius 3 is 2.21 bits per heavy atom. The number of aromatic nitrogens is 2. The highest BCUT2D eigenvalue weighted by Crippen LogP contribution is 2.39. The van der Waals surface area contributed by atoms with Gasteiger partial charge in [-0.15, -0.1) is 0 Å². The van der Waals surface area contributed by atoms with Crippen LogP contribution in [0.15, 0.2) is 54.7 Å². The quantitative estimate of drug-likeness (QED) is 0.0878. The number of carbonyl (C=O) groups excluding carboxylic acids is 5. The monoisotopic (exact) mass is 810 g/mol. The lowest BCUT2D eigenvalue weighted by Gasteiger charge is -2.40. The van der Waals surface area contributed by atoms with Crippen LogP contribution in [0.4, 0.5) is 8.78 Å². The van der Waals surface area contributed by atoms with E-state index in [-0.39, 0.29) is 42.6 Å². The molecule has 16 heteroatoms. The molecule has 3 rings (SSSR count). The molecule has 0 aliphatic carbocycles. The number of amides is 5. The molecule has 0 saturated carbocycles. The average molecular weight is 811 g/mol. The average Bonchev–Trinajstić information content (AvgIpc) is 3.56. The van der Waals surface area contributed by atoms with Crippen molar-refractivity contribution in [1.82, 2.24) is 35.7 Å². The molecule has 0 fully saturated rings. The van der Waals surface area contributed by atoms with Gasteiger partial charge in [-0.2, -0.15) is 0 Å². The first-order valence-corrected chi connectivity index (χ1v) is 19.7. The van der Waals surface area contributed by atoms with Gasteiger partial charge in [-0.25, -0.2) is 13.8 Å². The number of unbranched alkanes of at least 4 members (excludes halogenated alkanes) is 1. The molecule has 2 aromatic carbocycles. The first-order valence-electron chi connectivity index (χ1n) is 19.7. The Hall–Kier alpha value is -5.22. The van der Waals surface area contributed by atoms with Crippen molar-refractivity contribution in [3.05, 3.63) is 77.8 Å². The number of halogens is 2. The standard InChI is InChI=1S/C42H60F2N8O6/c1-26(2)36(50-40(57)33(48-28(4)54)16-11-12-19-45)41(58)47-27(3)39(56)46-20-13-21-52(35(55)25-53)37(42(5,6)7)38-49-34(31-22-30(43)17-18-32(31)44)24-51(38)23-29-14-9-8-10-15-29/h8-10,14-15,17-18,22,24,26-27,33,36-37,53H,11-13,16,19-21,23,25,45H2,1-7H3,(H,46,56)(H,47,58)(H,48,54)(H,50,57)/t27-,33-,36-,37-/m0/s1. The minimum absolute atomic E-state index is 0.0423. The summed E-state index contributed by atoms with van der Waals surface area (Å²) in [6, 6.07) is 8.97. The number of imidazole rings is 1. The SMILES string of the molecule is CC(=O)N[C@@H](CCCCN)C(=O)N[C@H](C(=O)N[C@@H](C)C(=O)NCCCN(C(=O)CO)[C@@H](c1nc(-c2cc(F)ccc2F)cn1Cc1ccccc1)C(C)(C)C)C(C)C. The van der Waals surface area contributed by atoms with Gasteiger partial charge in [-0.05, 0) is 74.2 Å². The minimum Gasteiger partial charge on any atom is -0.387 e. The maximum Gasteiger partial charge on any atom is 0.248 e. The van der Waals surface area contributed by atoms with Crippen molar-refractivity contribution < 1.29 is 37.9 Å². The third kappa shape index (κ3) is 13.7. The highest BCUT2D eigenvalue weighted by molar-refractivity contribution is 5.94. The maximum atomic E-state index is 15.0. The van der Waals surface area contributed by atoms with E-state index < -0.39 is 71.5 Å². The van der Waals surface area contributed by atoms with Gasteiger partial charge < -0.3 is 41.6 Å². The van der Waals surface area contributed by atoms with Gasteiger partial charge in [-0.3, -0.25) is 24.0 Å². The fourth-order valence-corrected chi connectivity index (χ4v) is 6.64. The molecule has 1 aromatic heterocycles. The summed E-state index contributed by atoms with van der Waals surface area (Å²) >= 11 is 0. The van der Waals surface area contributed by atoms with Crippen LogP contribution in [-0.2, 0) is 30.5 Å². The predicted octanol–water partition coefficient (Wildman–Crippen LogP) is 3.57. The van der Waals surface area contributed by atoms with E-state index >= 15 is 4.39 Å². The number of nitrogens with zero attached hydrogens (tertiary/aromatic N) is 3. The fourth-order valence-electron chi connectivity index (χ4n) is 6.64. The summed E-state index contributed by atoms with van der Waals surface area (Å²) in [6.07, 6.45) is 3.48. The highest BCUT2D eigenvalue weighted by atomic mass is 19.1. The summed E-state index contributed by atoms with van der Waals surface area (Å²) in [5.74, 6) is -3.84. The molecule has 0 saturated heterocycles.